The van der Waals surface area contributed by atoms with Crippen LogP contribution in [0.1, 0.15) is 12.8 Å². The SMILES string of the molecule is COCC(NCC1CC(O)C1)C(=O)O. The first-order chi connectivity index (χ1) is 6.63. The zero-order valence-electron chi connectivity index (χ0n) is 8.27. The molecule has 1 unspecified atom stereocenters. The maximum Gasteiger partial charge on any atom is 0.323 e. The fraction of sp³-hybridized carbons (Fsp3) is 0.889. The van der Waals surface area contributed by atoms with E-state index in [4.69, 9.17) is 14.9 Å². The normalized spacial score (nSPS) is 28.1. The highest BCUT2D eigenvalue weighted by Gasteiger charge is 2.28. The molecule has 5 nitrogen and oxygen atoms in total. The highest BCUT2D eigenvalue weighted by molar-refractivity contribution is 5.73. The molecule has 82 valence electrons. The number of carbonyl (C=O) groups is 1. The molecule has 0 aliphatic heterocycles. The Hall–Kier alpha value is -0.650. The van der Waals surface area contributed by atoms with Gasteiger partial charge in [-0.2, -0.15) is 0 Å². The Balaban J connectivity index is 2.16. The number of aliphatic hydroxyl groups excluding tert-OH is 1. The third-order valence-corrected chi connectivity index (χ3v) is 2.50. The van der Waals surface area contributed by atoms with E-state index in [0.717, 1.165) is 12.8 Å². The molecule has 0 spiro atoms. The molecule has 1 fully saturated rings. The molecule has 1 rings (SSSR count). The van der Waals surface area contributed by atoms with E-state index in [1.807, 2.05) is 0 Å². The van der Waals surface area contributed by atoms with E-state index in [2.05, 4.69) is 5.32 Å². The van der Waals surface area contributed by atoms with Crippen LogP contribution < -0.4 is 5.32 Å². The molecule has 5 heteroatoms. The lowest BCUT2D eigenvalue weighted by atomic mass is 9.82. The maximum atomic E-state index is 10.7. The van der Waals surface area contributed by atoms with Gasteiger partial charge in [0.1, 0.15) is 6.04 Å². The first-order valence-electron chi connectivity index (χ1n) is 4.76. The van der Waals surface area contributed by atoms with Gasteiger partial charge in [0.2, 0.25) is 0 Å². The van der Waals surface area contributed by atoms with Crippen molar-refractivity contribution in [2.24, 2.45) is 5.92 Å². The second kappa shape index (κ2) is 5.29. The number of hydrogen-bond acceptors (Lipinski definition) is 4. The first kappa shape index (κ1) is 11.4. The van der Waals surface area contributed by atoms with Gasteiger partial charge in [0.15, 0.2) is 0 Å². The predicted molar refractivity (Wildman–Crippen MR) is 50.0 cm³/mol. The summed E-state index contributed by atoms with van der Waals surface area (Å²) in [4.78, 5) is 10.7. The number of carboxylic acids is 1. The maximum absolute atomic E-state index is 10.7. The van der Waals surface area contributed by atoms with Crippen molar-refractivity contribution < 1.29 is 19.7 Å². The minimum Gasteiger partial charge on any atom is -0.480 e. The van der Waals surface area contributed by atoms with Gasteiger partial charge in [-0.3, -0.25) is 4.79 Å². The molecule has 0 bridgehead atoms. The zero-order chi connectivity index (χ0) is 10.6. The van der Waals surface area contributed by atoms with Crippen LogP contribution in [0.2, 0.25) is 0 Å². The second-order valence-corrected chi connectivity index (χ2v) is 3.75. The summed E-state index contributed by atoms with van der Waals surface area (Å²) < 4.78 is 4.78. The van der Waals surface area contributed by atoms with E-state index in [9.17, 15) is 4.79 Å². The quantitative estimate of drug-likeness (QED) is 0.539. The van der Waals surface area contributed by atoms with Crippen molar-refractivity contribution in [2.45, 2.75) is 25.0 Å². The minimum absolute atomic E-state index is 0.171. The van der Waals surface area contributed by atoms with Gasteiger partial charge >= 0.3 is 5.97 Å². The average molecular weight is 203 g/mol. The Morgan fingerprint density at radius 2 is 2.29 bits per heavy atom. The lowest BCUT2D eigenvalue weighted by molar-refractivity contribution is -0.141. The Bertz CT molecular complexity index is 191. The van der Waals surface area contributed by atoms with Crippen LogP contribution in [0.4, 0.5) is 0 Å². The standard InChI is InChI=1S/C9H17NO4/c1-14-5-8(9(12)13)10-4-6-2-7(11)3-6/h6-8,10-11H,2-5H2,1H3,(H,12,13). The predicted octanol–water partition coefficient (Wildman–Crippen LogP) is -0.553. The average Bonchev–Trinajstić information content (AvgIpc) is 2.07. The monoisotopic (exact) mass is 203 g/mol. The van der Waals surface area contributed by atoms with Gasteiger partial charge < -0.3 is 20.3 Å². The molecule has 1 atom stereocenters. The zero-order valence-corrected chi connectivity index (χ0v) is 8.27. The van der Waals surface area contributed by atoms with E-state index in [0.29, 0.717) is 12.5 Å². The topological polar surface area (TPSA) is 78.8 Å². The fourth-order valence-corrected chi connectivity index (χ4v) is 1.56. The third-order valence-electron chi connectivity index (χ3n) is 2.50. The number of rotatable bonds is 6. The summed E-state index contributed by atoms with van der Waals surface area (Å²) in [5.74, 6) is -0.490. The summed E-state index contributed by atoms with van der Waals surface area (Å²) in [7, 11) is 1.48. The number of hydrogen-bond donors (Lipinski definition) is 3. The van der Waals surface area contributed by atoms with E-state index in [1.54, 1.807) is 0 Å². The molecule has 0 radical (unpaired) electrons. The summed E-state index contributed by atoms with van der Waals surface area (Å²) in [5, 5.41) is 20.7. The molecule has 0 amide bonds. The number of nitrogens with one attached hydrogen (secondary N) is 1. The molecular weight excluding hydrogens is 186 g/mol. The Labute approximate surface area is 83.1 Å². The molecule has 3 N–H and O–H groups in total. The van der Waals surface area contributed by atoms with Gasteiger partial charge in [-0.05, 0) is 25.3 Å². The molecule has 1 aliphatic carbocycles. The van der Waals surface area contributed by atoms with Gasteiger partial charge in [-0.15, -0.1) is 0 Å². The van der Waals surface area contributed by atoms with Gasteiger partial charge in [-0.25, -0.2) is 0 Å². The Morgan fingerprint density at radius 3 is 2.71 bits per heavy atom. The largest absolute Gasteiger partial charge is 0.480 e. The van der Waals surface area contributed by atoms with Gasteiger partial charge in [0.25, 0.3) is 0 Å². The number of methoxy groups -OCH3 is 1. The van der Waals surface area contributed by atoms with Crippen LogP contribution in [0.15, 0.2) is 0 Å². The number of aliphatic hydroxyl groups is 1. The van der Waals surface area contributed by atoms with E-state index >= 15 is 0 Å². The van der Waals surface area contributed by atoms with Crippen molar-refractivity contribution in [3.8, 4) is 0 Å². The third kappa shape index (κ3) is 3.25. The molecule has 0 aromatic heterocycles. The Morgan fingerprint density at radius 1 is 1.64 bits per heavy atom. The number of aliphatic carboxylic acids is 1. The first-order valence-corrected chi connectivity index (χ1v) is 4.76. The number of ether oxygens (including phenoxy) is 1. The van der Waals surface area contributed by atoms with Crippen LogP contribution >= 0.6 is 0 Å². The molecule has 0 heterocycles. The van der Waals surface area contributed by atoms with Crippen LogP contribution in [0.3, 0.4) is 0 Å². The van der Waals surface area contributed by atoms with Crippen molar-refractivity contribution in [1.82, 2.24) is 5.32 Å². The van der Waals surface area contributed by atoms with E-state index < -0.39 is 12.0 Å². The highest BCUT2D eigenvalue weighted by atomic mass is 16.5. The minimum atomic E-state index is -0.897. The summed E-state index contributed by atoms with van der Waals surface area (Å²) >= 11 is 0. The van der Waals surface area contributed by atoms with Crippen LogP contribution in [-0.4, -0.2) is 48.6 Å². The second-order valence-electron chi connectivity index (χ2n) is 3.75. The molecule has 0 aromatic carbocycles. The van der Waals surface area contributed by atoms with Crippen molar-refractivity contribution in [3.63, 3.8) is 0 Å². The molecule has 14 heavy (non-hydrogen) atoms. The van der Waals surface area contributed by atoms with Gasteiger partial charge in [-0.1, -0.05) is 0 Å². The van der Waals surface area contributed by atoms with Gasteiger partial charge in [0, 0.05) is 7.11 Å². The van der Waals surface area contributed by atoms with E-state index in [-0.39, 0.29) is 12.7 Å². The molecule has 0 saturated heterocycles. The molecule has 1 aliphatic rings. The van der Waals surface area contributed by atoms with Crippen molar-refractivity contribution in [2.75, 3.05) is 20.3 Å². The summed E-state index contributed by atoms with van der Waals surface area (Å²) in [6, 6.07) is -0.641. The molecular formula is C9H17NO4. The van der Waals surface area contributed by atoms with Crippen LogP contribution in [0, 0.1) is 5.92 Å². The molecule has 0 aromatic rings. The van der Waals surface area contributed by atoms with Crippen molar-refractivity contribution >= 4 is 5.97 Å². The van der Waals surface area contributed by atoms with Gasteiger partial charge in [0.05, 0.1) is 12.7 Å². The van der Waals surface area contributed by atoms with Crippen LogP contribution in [0.25, 0.3) is 0 Å². The smallest absolute Gasteiger partial charge is 0.323 e. The van der Waals surface area contributed by atoms with Crippen molar-refractivity contribution in [3.05, 3.63) is 0 Å². The van der Waals surface area contributed by atoms with Crippen LogP contribution in [-0.2, 0) is 9.53 Å². The number of carboxylic acid groups (broad SMARTS) is 1. The summed E-state index contributed by atoms with van der Waals surface area (Å²) in [6.45, 7) is 0.808. The highest BCUT2D eigenvalue weighted by Crippen LogP contribution is 2.26. The van der Waals surface area contributed by atoms with E-state index in [1.165, 1.54) is 7.11 Å². The summed E-state index contributed by atoms with van der Waals surface area (Å²) in [5.41, 5.74) is 0. The summed E-state index contributed by atoms with van der Waals surface area (Å²) in [6.07, 6.45) is 1.35. The fourth-order valence-electron chi connectivity index (χ4n) is 1.56. The molecule has 1 saturated carbocycles. The Kier molecular flexibility index (Phi) is 4.31. The van der Waals surface area contributed by atoms with Crippen LogP contribution in [0.5, 0.6) is 0 Å². The lowest BCUT2D eigenvalue weighted by Gasteiger charge is -2.32. The van der Waals surface area contributed by atoms with Crippen molar-refractivity contribution in [1.29, 1.82) is 0 Å². The lowest BCUT2D eigenvalue weighted by Crippen LogP contribution is -2.45.